The number of nitrogens with zero attached hydrogens (tertiary/aromatic N) is 1. The van der Waals surface area contributed by atoms with Gasteiger partial charge in [0.2, 0.25) is 0 Å². The number of nitrogens with one attached hydrogen (secondary N) is 1. The Morgan fingerprint density at radius 2 is 1.64 bits per heavy atom. The highest BCUT2D eigenvalue weighted by Gasteiger charge is 2.15. The summed E-state index contributed by atoms with van der Waals surface area (Å²) in [5.41, 5.74) is 8.53. The number of benzene rings is 2. The highest BCUT2D eigenvalue weighted by atomic mass is 16.5. The van der Waals surface area contributed by atoms with Gasteiger partial charge in [0.05, 0.1) is 5.56 Å². The minimum atomic E-state index is -0.278. The van der Waals surface area contributed by atoms with Gasteiger partial charge in [-0.1, -0.05) is 18.2 Å². The molecule has 1 heterocycles. The molecule has 0 aliphatic rings. The average molecular weight is 333 g/mol. The van der Waals surface area contributed by atoms with E-state index in [0.29, 0.717) is 17.0 Å². The number of amides is 1. The molecule has 0 fully saturated rings. The maximum atomic E-state index is 12.5. The molecular formula is C20H19N3O2. The van der Waals surface area contributed by atoms with Gasteiger partial charge in [-0.15, -0.1) is 0 Å². The number of aromatic nitrogens is 1. The van der Waals surface area contributed by atoms with Gasteiger partial charge in [-0.3, -0.25) is 4.79 Å². The number of aryl methyl sites for hydroxylation is 2. The second kappa shape index (κ2) is 7.05. The Balaban J connectivity index is 1.72. The number of carbonyl (C=O) groups is 1. The van der Waals surface area contributed by atoms with Crippen molar-refractivity contribution in [1.29, 1.82) is 0 Å². The van der Waals surface area contributed by atoms with E-state index in [0.717, 1.165) is 17.0 Å². The van der Waals surface area contributed by atoms with Crippen molar-refractivity contribution >= 4 is 17.4 Å². The van der Waals surface area contributed by atoms with Crippen molar-refractivity contribution < 1.29 is 9.53 Å². The topological polar surface area (TPSA) is 77.2 Å². The van der Waals surface area contributed by atoms with Gasteiger partial charge in [0.25, 0.3) is 5.91 Å². The number of rotatable bonds is 4. The Morgan fingerprint density at radius 1 is 1.00 bits per heavy atom. The standard InChI is InChI=1S/C20H19N3O2/c1-13-12-14(2)22-19(21)18(13)20(24)23-15-8-10-17(11-9-15)25-16-6-4-3-5-7-16/h3-12H,1-2H3,(H2,21,22)(H,23,24). The quantitative estimate of drug-likeness (QED) is 0.745. The third-order valence-corrected chi connectivity index (χ3v) is 3.69. The lowest BCUT2D eigenvalue weighted by molar-refractivity contribution is 0.102. The van der Waals surface area contributed by atoms with E-state index in [-0.39, 0.29) is 11.7 Å². The SMILES string of the molecule is Cc1cc(C)c(C(=O)Nc2ccc(Oc3ccccc3)cc2)c(N)n1. The molecule has 2 aromatic carbocycles. The van der Waals surface area contributed by atoms with E-state index in [4.69, 9.17) is 10.5 Å². The normalized spacial score (nSPS) is 10.3. The van der Waals surface area contributed by atoms with Crippen LogP contribution >= 0.6 is 0 Å². The first kappa shape index (κ1) is 16.5. The zero-order chi connectivity index (χ0) is 17.8. The number of hydrogen-bond acceptors (Lipinski definition) is 4. The first-order chi connectivity index (χ1) is 12.0. The van der Waals surface area contributed by atoms with E-state index in [1.807, 2.05) is 50.2 Å². The van der Waals surface area contributed by atoms with Crippen LogP contribution in [-0.2, 0) is 0 Å². The Labute approximate surface area is 146 Å². The molecule has 5 heteroatoms. The molecular weight excluding hydrogens is 314 g/mol. The molecule has 0 aliphatic heterocycles. The zero-order valence-electron chi connectivity index (χ0n) is 14.1. The predicted molar refractivity (Wildman–Crippen MR) is 99.0 cm³/mol. The Hall–Kier alpha value is -3.34. The molecule has 3 N–H and O–H groups in total. The monoisotopic (exact) mass is 333 g/mol. The van der Waals surface area contributed by atoms with Crippen LogP contribution < -0.4 is 15.8 Å². The molecule has 0 unspecified atom stereocenters. The van der Waals surface area contributed by atoms with Gasteiger partial charge in [-0.05, 0) is 61.9 Å². The molecule has 0 saturated carbocycles. The summed E-state index contributed by atoms with van der Waals surface area (Å²) in [4.78, 5) is 16.6. The number of nitrogens with two attached hydrogens (primary N) is 1. The summed E-state index contributed by atoms with van der Waals surface area (Å²) >= 11 is 0. The number of nitrogen functional groups attached to an aromatic ring is 1. The lowest BCUT2D eigenvalue weighted by atomic mass is 10.1. The number of pyridine rings is 1. The summed E-state index contributed by atoms with van der Waals surface area (Å²) in [6.45, 7) is 3.69. The maximum Gasteiger partial charge on any atom is 0.259 e. The molecule has 3 aromatic rings. The van der Waals surface area contributed by atoms with Crippen molar-refractivity contribution in [3.63, 3.8) is 0 Å². The van der Waals surface area contributed by atoms with Crippen LogP contribution in [0.3, 0.4) is 0 Å². The number of anilines is 2. The summed E-state index contributed by atoms with van der Waals surface area (Å²) in [7, 11) is 0. The third-order valence-electron chi connectivity index (χ3n) is 3.69. The molecule has 5 nitrogen and oxygen atoms in total. The highest BCUT2D eigenvalue weighted by Crippen LogP contribution is 2.23. The smallest absolute Gasteiger partial charge is 0.259 e. The fourth-order valence-corrected chi connectivity index (χ4v) is 2.59. The van der Waals surface area contributed by atoms with Crippen molar-refractivity contribution in [2.75, 3.05) is 11.1 Å². The summed E-state index contributed by atoms with van der Waals surface area (Å²) in [5.74, 6) is 1.41. The second-order valence-corrected chi connectivity index (χ2v) is 5.73. The highest BCUT2D eigenvalue weighted by molar-refractivity contribution is 6.08. The Bertz CT molecular complexity index is 868. The molecule has 25 heavy (non-hydrogen) atoms. The molecule has 1 amide bonds. The Morgan fingerprint density at radius 3 is 2.28 bits per heavy atom. The molecule has 126 valence electrons. The molecule has 0 aliphatic carbocycles. The molecule has 3 rings (SSSR count). The zero-order valence-corrected chi connectivity index (χ0v) is 14.1. The second-order valence-electron chi connectivity index (χ2n) is 5.73. The third kappa shape index (κ3) is 3.95. The van der Waals surface area contributed by atoms with Gasteiger partial charge >= 0.3 is 0 Å². The fraction of sp³-hybridized carbons (Fsp3) is 0.100. The molecule has 0 saturated heterocycles. The van der Waals surface area contributed by atoms with Crippen molar-refractivity contribution in [2.24, 2.45) is 0 Å². The van der Waals surface area contributed by atoms with Crippen LogP contribution in [0, 0.1) is 13.8 Å². The van der Waals surface area contributed by atoms with Crippen LogP contribution in [-0.4, -0.2) is 10.9 Å². The van der Waals surface area contributed by atoms with Crippen molar-refractivity contribution in [3.8, 4) is 11.5 Å². The van der Waals surface area contributed by atoms with E-state index in [1.54, 1.807) is 24.3 Å². The Kier molecular flexibility index (Phi) is 4.66. The van der Waals surface area contributed by atoms with Crippen LogP contribution in [0.5, 0.6) is 11.5 Å². The van der Waals surface area contributed by atoms with Crippen LogP contribution in [0.4, 0.5) is 11.5 Å². The van der Waals surface area contributed by atoms with Gasteiger partial charge in [-0.2, -0.15) is 0 Å². The largest absolute Gasteiger partial charge is 0.457 e. The van der Waals surface area contributed by atoms with Crippen molar-refractivity contribution in [1.82, 2.24) is 4.98 Å². The van der Waals surface area contributed by atoms with Gasteiger partial charge in [-0.25, -0.2) is 4.98 Å². The minimum absolute atomic E-state index is 0.235. The first-order valence-corrected chi connectivity index (χ1v) is 7.91. The molecule has 1 aromatic heterocycles. The summed E-state index contributed by atoms with van der Waals surface area (Å²) < 4.78 is 5.73. The molecule has 0 radical (unpaired) electrons. The summed E-state index contributed by atoms with van der Waals surface area (Å²) in [6.07, 6.45) is 0. The van der Waals surface area contributed by atoms with Crippen LogP contribution in [0.15, 0.2) is 60.7 Å². The van der Waals surface area contributed by atoms with E-state index in [2.05, 4.69) is 10.3 Å². The maximum absolute atomic E-state index is 12.5. The average Bonchev–Trinajstić information content (AvgIpc) is 2.56. The van der Waals surface area contributed by atoms with E-state index < -0.39 is 0 Å². The number of para-hydroxylation sites is 1. The number of ether oxygens (including phenoxy) is 1. The van der Waals surface area contributed by atoms with E-state index in [1.165, 1.54) is 0 Å². The lowest BCUT2D eigenvalue weighted by Gasteiger charge is -2.11. The van der Waals surface area contributed by atoms with Crippen LogP contribution in [0.1, 0.15) is 21.6 Å². The predicted octanol–water partition coefficient (Wildman–Crippen LogP) is 4.33. The van der Waals surface area contributed by atoms with Crippen LogP contribution in [0.2, 0.25) is 0 Å². The van der Waals surface area contributed by atoms with Crippen molar-refractivity contribution in [2.45, 2.75) is 13.8 Å². The van der Waals surface area contributed by atoms with Crippen molar-refractivity contribution in [3.05, 3.63) is 77.5 Å². The van der Waals surface area contributed by atoms with Crippen LogP contribution in [0.25, 0.3) is 0 Å². The van der Waals surface area contributed by atoms with Gasteiger partial charge in [0, 0.05) is 11.4 Å². The summed E-state index contributed by atoms with van der Waals surface area (Å²) in [5, 5.41) is 2.84. The summed E-state index contributed by atoms with van der Waals surface area (Å²) in [6, 6.07) is 18.5. The fourth-order valence-electron chi connectivity index (χ4n) is 2.59. The first-order valence-electron chi connectivity index (χ1n) is 7.91. The van der Waals surface area contributed by atoms with E-state index >= 15 is 0 Å². The number of carbonyl (C=O) groups excluding carboxylic acids is 1. The van der Waals surface area contributed by atoms with E-state index in [9.17, 15) is 4.79 Å². The molecule has 0 atom stereocenters. The molecule has 0 spiro atoms. The minimum Gasteiger partial charge on any atom is -0.457 e. The number of hydrogen-bond donors (Lipinski definition) is 2. The molecule has 0 bridgehead atoms. The van der Waals surface area contributed by atoms with Gasteiger partial charge < -0.3 is 15.8 Å². The van der Waals surface area contributed by atoms with Gasteiger partial charge in [0.1, 0.15) is 17.3 Å². The lowest BCUT2D eigenvalue weighted by Crippen LogP contribution is -2.17. The van der Waals surface area contributed by atoms with Gasteiger partial charge in [0.15, 0.2) is 0 Å².